The van der Waals surface area contributed by atoms with Crippen molar-refractivity contribution in [2.24, 2.45) is 5.92 Å². The lowest BCUT2D eigenvalue weighted by Gasteiger charge is -2.18. The molecular weight excluding hydrogens is 126 g/mol. The zero-order valence-corrected chi connectivity index (χ0v) is 6.05. The van der Waals surface area contributed by atoms with Crippen LogP contribution in [0.4, 0.5) is 0 Å². The van der Waals surface area contributed by atoms with Crippen LogP contribution in [0, 0.1) is 5.92 Å². The second-order valence-corrected chi connectivity index (χ2v) is 2.61. The van der Waals surface area contributed by atoms with Crippen molar-refractivity contribution in [1.29, 1.82) is 0 Å². The van der Waals surface area contributed by atoms with Crippen molar-refractivity contribution in [2.75, 3.05) is 13.1 Å². The Bertz CT molecular complexity index is 125. The molecule has 10 heavy (non-hydrogen) atoms. The van der Waals surface area contributed by atoms with Gasteiger partial charge in [-0.1, -0.05) is 6.08 Å². The summed E-state index contributed by atoms with van der Waals surface area (Å²) < 4.78 is 0. The molecular formula is C8H13NO. The Morgan fingerprint density at radius 1 is 1.30 bits per heavy atom. The van der Waals surface area contributed by atoms with Crippen LogP contribution in [0.5, 0.6) is 0 Å². The molecule has 0 saturated carbocycles. The molecule has 1 aliphatic heterocycles. The molecule has 0 aliphatic carbocycles. The quantitative estimate of drug-likeness (QED) is 0.451. The van der Waals surface area contributed by atoms with Crippen molar-refractivity contribution < 1.29 is 4.79 Å². The summed E-state index contributed by atoms with van der Waals surface area (Å²) in [6, 6.07) is 0. The van der Waals surface area contributed by atoms with E-state index in [-0.39, 0.29) is 0 Å². The minimum atomic E-state index is 0.631. The van der Waals surface area contributed by atoms with Crippen molar-refractivity contribution >= 4 is 6.29 Å². The molecule has 1 rings (SSSR count). The van der Waals surface area contributed by atoms with E-state index in [0.29, 0.717) is 5.92 Å². The van der Waals surface area contributed by atoms with E-state index in [2.05, 4.69) is 5.32 Å². The Hall–Kier alpha value is -0.630. The highest BCUT2D eigenvalue weighted by molar-refractivity contribution is 5.64. The normalized spacial score (nSPS) is 21.6. The van der Waals surface area contributed by atoms with Gasteiger partial charge >= 0.3 is 0 Å². The van der Waals surface area contributed by atoms with E-state index in [1.54, 1.807) is 6.08 Å². The fourth-order valence-electron chi connectivity index (χ4n) is 1.24. The van der Waals surface area contributed by atoms with Crippen molar-refractivity contribution in [2.45, 2.75) is 12.8 Å². The van der Waals surface area contributed by atoms with Crippen LogP contribution in [0.2, 0.25) is 0 Å². The molecule has 0 spiro atoms. The molecule has 0 aromatic rings. The van der Waals surface area contributed by atoms with Gasteiger partial charge in [0.25, 0.3) is 0 Å². The Balaban J connectivity index is 2.25. The number of hydrogen-bond donors (Lipinski definition) is 1. The standard InChI is InChI=1S/C8H13NO/c10-7-1-2-8-3-5-9-6-4-8/h1-2,7-9H,3-6H2/b2-1+. The molecule has 1 saturated heterocycles. The first-order chi connectivity index (χ1) is 4.93. The fraction of sp³-hybridized carbons (Fsp3) is 0.625. The third kappa shape index (κ3) is 2.31. The van der Waals surface area contributed by atoms with Gasteiger partial charge in [0.15, 0.2) is 0 Å². The maximum Gasteiger partial charge on any atom is 0.142 e. The first-order valence-electron chi connectivity index (χ1n) is 3.76. The van der Waals surface area contributed by atoms with Gasteiger partial charge in [0, 0.05) is 0 Å². The van der Waals surface area contributed by atoms with E-state index in [9.17, 15) is 4.79 Å². The van der Waals surface area contributed by atoms with Crippen LogP contribution in [0.15, 0.2) is 12.2 Å². The molecule has 0 radical (unpaired) electrons. The Labute approximate surface area is 61.3 Å². The Kier molecular flexibility index (Phi) is 3.16. The van der Waals surface area contributed by atoms with Crippen LogP contribution in [0.25, 0.3) is 0 Å². The zero-order valence-electron chi connectivity index (χ0n) is 6.05. The maximum absolute atomic E-state index is 9.95. The SMILES string of the molecule is O=C/C=C/C1CCNCC1. The molecule has 0 amide bonds. The molecule has 0 bridgehead atoms. The van der Waals surface area contributed by atoms with E-state index in [0.717, 1.165) is 19.4 Å². The Morgan fingerprint density at radius 3 is 2.60 bits per heavy atom. The summed E-state index contributed by atoms with van der Waals surface area (Å²) in [4.78, 5) is 9.95. The summed E-state index contributed by atoms with van der Waals surface area (Å²) in [7, 11) is 0. The summed E-state index contributed by atoms with van der Waals surface area (Å²) in [5, 5.41) is 3.27. The van der Waals surface area contributed by atoms with Gasteiger partial charge in [-0.2, -0.15) is 0 Å². The van der Waals surface area contributed by atoms with Crippen LogP contribution in [0.1, 0.15) is 12.8 Å². The number of aldehydes is 1. The molecule has 0 aromatic carbocycles. The second-order valence-electron chi connectivity index (χ2n) is 2.61. The summed E-state index contributed by atoms with van der Waals surface area (Å²) in [5.41, 5.74) is 0. The lowest BCUT2D eigenvalue weighted by atomic mass is 9.98. The molecule has 0 atom stereocenters. The molecule has 0 unspecified atom stereocenters. The molecule has 2 nitrogen and oxygen atoms in total. The van der Waals surface area contributed by atoms with E-state index >= 15 is 0 Å². The van der Waals surface area contributed by atoms with Crippen LogP contribution >= 0.6 is 0 Å². The van der Waals surface area contributed by atoms with Crippen LogP contribution < -0.4 is 5.32 Å². The van der Waals surface area contributed by atoms with Gasteiger partial charge in [0.05, 0.1) is 0 Å². The largest absolute Gasteiger partial charge is 0.317 e. The van der Waals surface area contributed by atoms with Crippen molar-refractivity contribution in [1.82, 2.24) is 5.32 Å². The van der Waals surface area contributed by atoms with Crippen LogP contribution in [0.3, 0.4) is 0 Å². The van der Waals surface area contributed by atoms with Gasteiger partial charge in [-0.15, -0.1) is 0 Å². The highest BCUT2D eigenvalue weighted by Gasteiger charge is 2.08. The number of piperidine rings is 1. The number of carbonyl (C=O) groups excluding carboxylic acids is 1. The first kappa shape index (κ1) is 7.48. The average molecular weight is 139 g/mol. The van der Waals surface area contributed by atoms with Crippen molar-refractivity contribution in [3.63, 3.8) is 0 Å². The molecule has 1 fully saturated rings. The minimum Gasteiger partial charge on any atom is -0.317 e. The summed E-state index contributed by atoms with van der Waals surface area (Å²) in [6.07, 6.45) is 6.81. The molecule has 1 N–H and O–H groups in total. The third-order valence-corrected chi connectivity index (χ3v) is 1.85. The lowest BCUT2D eigenvalue weighted by Crippen LogP contribution is -2.26. The van der Waals surface area contributed by atoms with E-state index < -0.39 is 0 Å². The van der Waals surface area contributed by atoms with Crippen LogP contribution in [-0.2, 0) is 4.79 Å². The van der Waals surface area contributed by atoms with Gasteiger partial charge in [-0.25, -0.2) is 0 Å². The third-order valence-electron chi connectivity index (χ3n) is 1.85. The molecule has 0 aromatic heterocycles. The van der Waals surface area contributed by atoms with Gasteiger partial charge in [0.1, 0.15) is 6.29 Å². The summed E-state index contributed by atoms with van der Waals surface area (Å²) in [6.45, 7) is 2.18. The topological polar surface area (TPSA) is 29.1 Å². The molecule has 1 aliphatic rings. The van der Waals surface area contributed by atoms with E-state index in [1.165, 1.54) is 12.8 Å². The average Bonchev–Trinajstić information content (AvgIpc) is 2.03. The predicted molar refractivity (Wildman–Crippen MR) is 40.8 cm³/mol. The molecule has 2 heteroatoms. The molecule has 56 valence electrons. The monoisotopic (exact) mass is 139 g/mol. The predicted octanol–water partition coefficient (Wildman–Crippen LogP) is 0.741. The lowest BCUT2D eigenvalue weighted by molar-refractivity contribution is -0.104. The number of carbonyl (C=O) groups is 1. The van der Waals surface area contributed by atoms with Crippen molar-refractivity contribution in [3.8, 4) is 0 Å². The van der Waals surface area contributed by atoms with Gasteiger partial charge < -0.3 is 5.32 Å². The Morgan fingerprint density at radius 2 is 2.00 bits per heavy atom. The number of allylic oxidation sites excluding steroid dienone is 2. The van der Waals surface area contributed by atoms with E-state index in [1.807, 2.05) is 6.08 Å². The summed E-state index contributed by atoms with van der Waals surface area (Å²) >= 11 is 0. The van der Waals surface area contributed by atoms with Crippen LogP contribution in [-0.4, -0.2) is 19.4 Å². The fourth-order valence-corrected chi connectivity index (χ4v) is 1.24. The van der Waals surface area contributed by atoms with Gasteiger partial charge in [-0.3, -0.25) is 4.79 Å². The molecule has 1 heterocycles. The van der Waals surface area contributed by atoms with Gasteiger partial charge in [-0.05, 0) is 37.9 Å². The van der Waals surface area contributed by atoms with Crippen molar-refractivity contribution in [3.05, 3.63) is 12.2 Å². The first-order valence-corrected chi connectivity index (χ1v) is 3.76. The maximum atomic E-state index is 9.95. The number of nitrogens with one attached hydrogen (secondary N) is 1. The number of rotatable bonds is 2. The number of hydrogen-bond acceptors (Lipinski definition) is 2. The zero-order chi connectivity index (χ0) is 7.23. The van der Waals surface area contributed by atoms with Gasteiger partial charge in [0.2, 0.25) is 0 Å². The highest BCUT2D eigenvalue weighted by atomic mass is 16.1. The highest BCUT2D eigenvalue weighted by Crippen LogP contribution is 2.11. The second kappa shape index (κ2) is 4.23. The smallest absolute Gasteiger partial charge is 0.142 e. The van der Waals surface area contributed by atoms with E-state index in [4.69, 9.17) is 0 Å². The minimum absolute atomic E-state index is 0.631. The summed E-state index contributed by atoms with van der Waals surface area (Å²) in [5.74, 6) is 0.631.